The maximum atomic E-state index is 12.6. The molecule has 0 radical (unpaired) electrons. The number of thiazole rings is 1. The third kappa shape index (κ3) is 5.42. The van der Waals surface area contributed by atoms with E-state index in [0.29, 0.717) is 18.0 Å². The van der Waals surface area contributed by atoms with Crippen LogP contribution in [0, 0.1) is 12.8 Å². The van der Waals surface area contributed by atoms with E-state index in [9.17, 15) is 4.79 Å². The maximum absolute atomic E-state index is 12.6. The largest absolute Gasteiger partial charge is 0.349 e. The number of aromatic nitrogens is 1. The van der Waals surface area contributed by atoms with Crippen molar-refractivity contribution in [2.24, 2.45) is 11.7 Å². The number of aryl methyl sites for hydroxylation is 1. The van der Waals surface area contributed by atoms with Gasteiger partial charge in [0.15, 0.2) is 0 Å². The fourth-order valence-corrected chi connectivity index (χ4v) is 3.87. The van der Waals surface area contributed by atoms with Gasteiger partial charge in [-0.2, -0.15) is 0 Å². The number of halogens is 2. The van der Waals surface area contributed by atoms with E-state index >= 15 is 0 Å². The van der Waals surface area contributed by atoms with Gasteiger partial charge in [-0.05, 0) is 44.4 Å². The van der Waals surface area contributed by atoms with Crippen LogP contribution in [0.2, 0.25) is 0 Å². The molecule has 7 heteroatoms. The van der Waals surface area contributed by atoms with Crippen LogP contribution >= 0.6 is 36.2 Å². The molecule has 1 fully saturated rings. The fourth-order valence-electron chi connectivity index (χ4n) is 3.25. The lowest BCUT2D eigenvalue weighted by molar-refractivity contribution is 0.0908. The Balaban J connectivity index is 0.00000156. The van der Waals surface area contributed by atoms with Crippen LogP contribution in [0.5, 0.6) is 0 Å². The Morgan fingerprint density at radius 3 is 2.76 bits per heavy atom. The van der Waals surface area contributed by atoms with Crippen LogP contribution in [0.15, 0.2) is 29.6 Å². The highest BCUT2D eigenvalue weighted by atomic mass is 35.5. The lowest BCUT2D eigenvalue weighted by Crippen LogP contribution is -2.44. The molecule has 0 aliphatic heterocycles. The zero-order valence-corrected chi connectivity index (χ0v) is 16.7. The molecule has 0 bridgehead atoms. The Labute approximate surface area is 165 Å². The first-order valence-electron chi connectivity index (χ1n) is 8.21. The van der Waals surface area contributed by atoms with Gasteiger partial charge in [0.1, 0.15) is 0 Å². The first-order chi connectivity index (χ1) is 11.2. The topological polar surface area (TPSA) is 68.0 Å². The second kappa shape index (κ2) is 10.1. The molecule has 2 unspecified atom stereocenters. The third-order valence-corrected chi connectivity index (χ3v) is 5.34. The Morgan fingerprint density at radius 1 is 1.32 bits per heavy atom. The number of hydrogen-bond acceptors (Lipinski definition) is 4. The number of nitrogens with zero attached hydrogens (tertiary/aromatic N) is 1. The first kappa shape index (κ1) is 21.9. The van der Waals surface area contributed by atoms with Gasteiger partial charge < -0.3 is 11.1 Å². The monoisotopic (exact) mass is 401 g/mol. The van der Waals surface area contributed by atoms with Crippen molar-refractivity contribution in [1.29, 1.82) is 0 Å². The molecule has 3 N–H and O–H groups in total. The summed E-state index contributed by atoms with van der Waals surface area (Å²) in [5.74, 6) is 0.390. The van der Waals surface area contributed by atoms with Gasteiger partial charge in [-0.1, -0.05) is 25.0 Å². The number of hydrogen-bond donors (Lipinski definition) is 2. The molecule has 1 saturated carbocycles. The van der Waals surface area contributed by atoms with Crippen molar-refractivity contribution in [3.8, 4) is 11.3 Å². The molecule has 2 aromatic rings. The third-order valence-electron chi connectivity index (χ3n) is 4.57. The molecular weight excluding hydrogens is 377 g/mol. The van der Waals surface area contributed by atoms with Crippen LogP contribution in [-0.4, -0.2) is 23.5 Å². The Hall–Kier alpha value is -1.14. The summed E-state index contributed by atoms with van der Waals surface area (Å²) in [6, 6.07) is 7.89. The molecule has 1 aliphatic carbocycles. The van der Waals surface area contributed by atoms with Gasteiger partial charge >= 0.3 is 0 Å². The lowest BCUT2D eigenvalue weighted by atomic mass is 9.84. The Morgan fingerprint density at radius 2 is 2.08 bits per heavy atom. The standard InChI is InChI=1S/C18H23N3OS.2ClH/c1-12-20-17(11-23-12)13-6-4-7-14(9-13)18(22)21-16-8-3-2-5-15(16)10-19;;/h4,6-7,9,11,15-16H,2-3,5,8,10,19H2,1H3,(H,21,22);2*1H. The molecule has 25 heavy (non-hydrogen) atoms. The molecule has 4 nitrogen and oxygen atoms in total. The average Bonchev–Trinajstić information content (AvgIpc) is 3.02. The number of amides is 1. The molecule has 0 spiro atoms. The van der Waals surface area contributed by atoms with Crippen LogP contribution in [0.3, 0.4) is 0 Å². The van der Waals surface area contributed by atoms with E-state index in [-0.39, 0.29) is 36.8 Å². The van der Waals surface area contributed by atoms with E-state index in [4.69, 9.17) is 5.73 Å². The molecule has 1 amide bonds. The summed E-state index contributed by atoms with van der Waals surface area (Å²) in [5.41, 5.74) is 8.46. The van der Waals surface area contributed by atoms with E-state index in [1.807, 2.05) is 36.6 Å². The average molecular weight is 402 g/mol. The number of nitrogens with one attached hydrogen (secondary N) is 1. The van der Waals surface area contributed by atoms with Gasteiger partial charge in [-0.15, -0.1) is 36.2 Å². The van der Waals surface area contributed by atoms with Crippen LogP contribution in [-0.2, 0) is 0 Å². The van der Waals surface area contributed by atoms with Crippen LogP contribution < -0.4 is 11.1 Å². The second-order valence-corrected chi connectivity index (χ2v) is 7.25. The van der Waals surface area contributed by atoms with E-state index in [1.54, 1.807) is 11.3 Å². The Bertz CT molecular complexity index is 692. The molecular formula is C18H25Cl2N3OS. The number of carbonyl (C=O) groups is 1. The summed E-state index contributed by atoms with van der Waals surface area (Å²) >= 11 is 1.62. The summed E-state index contributed by atoms with van der Waals surface area (Å²) in [6.07, 6.45) is 4.52. The van der Waals surface area contributed by atoms with Gasteiger partial charge in [-0.25, -0.2) is 4.98 Å². The molecule has 1 aliphatic rings. The number of rotatable bonds is 4. The highest BCUT2D eigenvalue weighted by Gasteiger charge is 2.25. The number of nitrogens with two attached hydrogens (primary N) is 1. The molecule has 1 aromatic carbocycles. The summed E-state index contributed by atoms with van der Waals surface area (Å²) < 4.78 is 0. The summed E-state index contributed by atoms with van der Waals surface area (Å²) in [7, 11) is 0. The summed E-state index contributed by atoms with van der Waals surface area (Å²) in [6.45, 7) is 2.63. The van der Waals surface area contributed by atoms with Crippen molar-refractivity contribution >= 4 is 42.1 Å². The van der Waals surface area contributed by atoms with Crippen molar-refractivity contribution in [1.82, 2.24) is 10.3 Å². The first-order valence-corrected chi connectivity index (χ1v) is 9.09. The van der Waals surface area contributed by atoms with Crippen LogP contribution in [0.1, 0.15) is 41.0 Å². The summed E-state index contributed by atoms with van der Waals surface area (Å²) in [5, 5.41) is 6.24. The van der Waals surface area contributed by atoms with Crippen LogP contribution in [0.25, 0.3) is 11.3 Å². The highest BCUT2D eigenvalue weighted by molar-refractivity contribution is 7.09. The SMILES string of the molecule is Cc1nc(-c2cccc(C(=O)NC3CCCCC3CN)c2)cs1.Cl.Cl. The zero-order valence-electron chi connectivity index (χ0n) is 14.2. The lowest BCUT2D eigenvalue weighted by Gasteiger charge is -2.31. The van der Waals surface area contributed by atoms with Gasteiger partial charge in [0.2, 0.25) is 0 Å². The molecule has 0 saturated heterocycles. The van der Waals surface area contributed by atoms with Crippen molar-refractivity contribution in [2.45, 2.75) is 38.6 Å². The maximum Gasteiger partial charge on any atom is 0.251 e. The minimum Gasteiger partial charge on any atom is -0.349 e. The molecule has 138 valence electrons. The van der Waals surface area contributed by atoms with E-state index in [0.717, 1.165) is 29.1 Å². The predicted octanol–water partition coefficient (Wildman–Crippen LogP) is 4.21. The predicted molar refractivity (Wildman–Crippen MR) is 109 cm³/mol. The van der Waals surface area contributed by atoms with Crippen molar-refractivity contribution < 1.29 is 4.79 Å². The van der Waals surface area contributed by atoms with E-state index < -0.39 is 0 Å². The van der Waals surface area contributed by atoms with E-state index in [2.05, 4.69) is 10.3 Å². The normalized spacial score (nSPS) is 19.4. The Kier molecular flexibility index (Phi) is 8.86. The van der Waals surface area contributed by atoms with Gasteiger partial charge in [0.05, 0.1) is 10.7 Å². The van der Waals surface area contributed by atoms with Crippen molar-refractivity contribution in [3.05, 3.63) is 40.2 Å². The minimum atomic E-state index is -0.0100. The molecule has 3 rings (SSSR count). The van der Waals surface area contributed by atoms with Gasteiger partial charge in [0.25, 0.3) is 5.91 Å². The number of carbonyl (C=O) groups excluding carboxylic acids is 1. The molecule has 2 atom stereocenters. The molecule has 1 heterocycles. The smallest absolute Gasteiger partial charge is 0.251 e. The quantitative estimate of drug-likeness (QED) is 0.805. The van der Waals surface area contributed by atoms with Crippen molar-refractivity contribution in [3.63, 3.8) is 0 Å². The zero-order chi connectivity index (χ0) is 16.2. The second-order valence-electron chi connectivity index (χ2n) is 6.19. The van der Waals surface area contributed by atoms with Gasteiger partial charge in [-0.3, -0.25) is 4.79 Å². The molecule has 1 aromatic heterocycles. The number of benzene rings is 1. The minimum absolute atomic E-state index is 0. The van der Waals surface area contributed by atoms with E-state index in [1.165, 1.54) is 12.8 Å². The van der Waals surface area contributed by atoms with Crippen molar-refractivity contribution in [2.75, 3.05) is 6.54 Å². The van der Waals surface area contributed by atoms with Gasteiger partial charge in [0, 0.05) is 22.5 Å². The summed E-state index contributed by atoms with van der Waals surface area (Å²) in [4.78, 5) is 17.1. The fraction of sp³-hybridized carbons (Fsp3) is 0.444. The van der Waals surface area contributed by atoms with Crippen LogP contribution in [0.4, 0.5) is 0 Å². The highest BCUT2D eigenvalue weighted by Crippen LogP contribution is 2.25.